The molecule has 0 atom stereocenters. The monoisotopic (exact) mass is 296 g/mol. The summed E-state index contributed by atoms with van der Waals surface area (Å²) in [6.45, 7) is 11.2. The summed E-state index contributed by atoms with van der Waals surface area (Å²) in [6.07, 6.45) is 0. The second-order valence-corrected chi connectivity index (χ2v) is 5.60. The van der Waals surface area contributed by atoms with Crippen LogP contribution in [0.2, 0.25) is 0 Å². The van der Waals surface area contributed by atoms with Crippen LogP contribution in [0.3, 0.4) is 0 Å². The molecule has 0 bridgehead atoms. The molecule has 0 unspecified atom stereocenters. The molecule has 21 heavy (non-hydrogen) atoms. The van der Waals surface area contributed by atoms with Gasteiger partial charge in [0, 0.05) is 45.3 Å². The van der Waals surface area contributed by atoms with Crippen molar-refractivity contribution in [2.75, 3.05) is 44.6 Å². The van der Waals surface area contributed by atoms with Crippen molar-refractivity contribution < 1.29 is 4.92 Å². The molecule has 1 fully saturated rings. The Kier molecular flexibility index (Phi) is 5.13. The normalized spacial score (nSPS) is 16.4. The fourth-order valence-electron chi connectivity index (χ4n) is 2.56. The quantitative estimate of drug-likeness (QED) is 0.601. The van der Waals surface area contributed by atoms with Crippen LogP contribution < -0.4 is 10.6 Å². The van der Waals surface area contributed by atoms with Crippen LogP contribution in [-0.2, 0) is 0 Å². The van der Waals surface area contributed by atoms with E-state index in [0.29, 0.717) is 18.1 Å². The number of nitrogens with one attached hydrogen (secondary N) is 2. The highest BCUT2D eigenvalue weighted by Gasteiger charge is 2.26. The van der Waals surface area contributed by atoms with E-state index >= 15 is 0 Å². The smallest absolute Gasteiger partial charge is 0.333 e. The largest absolute Gasteiger partial charge is 0.363 e. The molecule has 0 aliphatic carbocycles. The van der Waals surface area contributed by atoms with Crippen molar-refractivity contribution in [3.8, 4) is 0 Å². The van der Waals surface area contributed by atoms with E-state index in [1.54, 1.807) is 11.6 Å². The highest BCUT2D eigenvalue weighted by molar-refractivity contribution is 5.59. The Labute approximate surface area is 124 Å². The predicted molar refractivity (Wildman–Crippen MR) is 81.8 cm³/mol. The van der Waals surface area contributed by atoms with E-state index < -0.39 is 0 Å². The molecule has 1 saturated heterocycles. The number of rotatable bonds is 6. The fourth-order valence-corrected chi connectivity index (χ4v) is 2.56. The van der Waals surface area contributed by atoms with Crippen LogP contribution in [0.4, 0.5) is 11.5 Å². The second kappa shape index (κ2) is 6.86. The molecule has 1 aromatic heterocycles. The third-order valence-electron chi connectivity index (χ3n) is 3.66. The highest BCUT2D eigenvalue weighted by atomic mass is 16.6. The third kappa shape index (κ3) is 3.70. The average molecular weight is 296 g/mol. The number of aromatic nitrogens is 2. The minimum absolute atomic E-state index is 0.0825. The van der Waals surface area contributed by atoms with E-state index in [1.165, 1.54) is 0 Å². The zero-order valence-corrected chi connectivity index (χ0v) is 12.9. The maximum atomic E-state index is 11.2. The molecule has 0 radical (unpaired) electrons. The van der Waals surface area contributed by atoms with E-state index in [0.717, 1.165) is 32.7 Å². The van der Waals surface area contributed by atoms with Gasteiger partial charge < -0.3 is 10.6 Å². The van der Waals surface area contributed by atoms with Crippen LogP contribution >= 0.6 is 0 Å². The Morgan fingerprint density at radius 1 is 1.43 bits per heavy atom. The summed E-state index contributed by atoms with van der Waals surface area (Å²) in [7, 11) is 0. The van der Waals surface area contributed by atoms with Crippen molar-refractivity contribution in [2.45, 2.75) is 26.8 Å². The van der Waals surface area contributed by atoms with Gasteiger partial charge in [-0.1, -0.05) is 0 Å². The van der Waals surface area contributed by atoms with E-state index in [-0.39, 0.29) is 16.7 Å². The molecule has 1 aliphatic heterocycles. The zero-order chi connectivity index (χ0) is 15.4. The summed E-state index contributed by atoms with van der Waals surface area (Å²) in [4.78, 5) is 13.2. The predicted octanol–water partition coefficient (Wildman–Crippen LogP) is 0.998. The van der Waals surface area contributed by atoms with Gasteiger partial charge in [-0.25, -0.2) is 4.68 Å². The number of hydrogen-bond acceptors (Lipinski definition) is 6. The van der Waals surface area contributed by atoms with Gasteiger partial charge in [0.15, 0.2) is 0 Å². The summed E-state index contributed by atoms with van der Waals surface area (Å²) < 4.78 is 1.70. The van der Waals surface area contributed by atoms with E-state index in [4.69, 9.17) is 0 Å². The van der Waals surface area contributed by atoms with Crippen molar-refractivity contribution in [3.63, 3.8) is 0 Å². The van der Waals surface area contributed by atoms with Crippen molar-refractivity contribution in [3.05, 3.63) is 15.8 Å². The van der Waals surface area contributed by atoms with Gasteiger partial charge in [0.1, 0.15) is 5.69 Å². The molecule has 1 aromatic rings. The zero-order valence-electron chi connectivity index (χ0n) is 12.9. The summed E-state index contributed by atoms with van der Waals surface area (Å²) in [5, 5.41) is 22.0. The van der Waals surface area contributed by atoms with Crippen LogP contribution in [0.25, 0.3) is 0 Å². The van der Waals surface area contributed by atoms with E-state index in [9.17, 15) is 10.1 Å². The van der Waals surface area contributed by atoms with Crippen molar-refractivity contribution >= 4 is 11.5 Å². The molecule has 8 nitrogen and oxygen atoms in total. The molecular formula is C13H24N6O2. The Morgan fingerprint density at radius 2 is 2.10 bits per heavy atom. The molecular weight excluding hydrogens is 272 g/mol. The number of nitrogens with zero attached hydrogens (tertiary/aromatic N) is 4. The topological polar surface area (TPSA) is 88.3 Å². The van der Waals surface area contributed by atoms with Crippen LogP contribution in [0.1, 0.15) is 25.6 Å². The number of hydrogen-bond donors (Lipinski definition) is 2. The SMILES string of the molecule is Cc1nn(C(C)C)c(NCCN2CCNCC2)c1[N+](=O)[O-]. The minimum Gasteiger partial charge on any atom is -0.363 e. The molecule has 118 valence electrons. The molecule has 2 heterocycles. The lowest BCUT2D eigenvalue weighted by atomic mass is 10.3. The van der Waals surface area contributed by atoms with Gasteiger partial charge >= 0.3 is 5.69 Å². The van der Waals surface area contributed by atoms with E-state index in [2.05, 4.69) is 20.6 Å². The van der Waals surface area contributed by atoms with Crippen molar-refractivity contribution in [1.82, 2.24) is 20.0 Å². The molecule has 0 aromatic carbocycles. The molecule has 8 heteroatoms. The Balaban J connectivity index is 2.05. The first-order valence-electron chi connectivity index (χ1n) is 7.41. The van der Waals surface area contributed by atoms with Gasteiger partial charge in [-0.3, -0.25) is 15.0 Å². The number of anilines is 1. The summed E-state index contributed by atoms with van der Waals surface area (Å²) in [5.74, 6) is 0.516. The highest BCUT2D eigenvalue weighted by Crippen LogP contribution is 2.30. The molecule has 0 spiro atoms. The lowest BCUT2D eigenvalue weighted by Gasteiger charge is -2.27. The van der Waals surface area contributed by atoms with Crippen molar-refractivity contribution in [1.29, 1.82) is 0 Å². The van der Waals surface area contributed by atoms with Crippen molar-refractivity contribution in [2.24, 2.45) is 0 Å². The van der Waals surface area contributed by atoms with Gasteiger partial charge in [0.2, 0.25) is 5.82 Å². The lowest BCUT2D eigenvalue weighted by molar-refractivity contribution is -0.384. The molecule has 0 saturated carbocycles. The lowest BCUT2D eigenvalue weighted by Crippen LogP contribution is -2.45. The number of nitro groups is 1. The third-order valence-corrected chi connectivity index (χ3v) is 3.66. The van der Waals surface area contributed by atoms with Crippen LogP contribution in [0, 0.1) is 17.0 Å². The summed E-state index contributed by atoms with van der Waals surface area (Å²) >= 11 is 0. The first-order chi connectivity index (χ1) is 10.0. The van der Waals surface area contributed by atoms with Gasteiger partial charge in [-0.2, -0.15) is 5.10 Å². The molecule has 0 amide bonds. The molecule has 1 aliphatic rings. The summed E-state index contributed by atoms with van der Waals surface area (Å²) in [6, 6.07) is 0.0825. The van der Waals surface area contributed by atoms with Crippen LogP contribution in [-0.4, -0.2) is 58.9 Å². The second-order valence-electron chi connectivity index (χ2n) is 5.60. The van der Waals surface area contributed by atoms with Gasteiger partial charge in [-0.05, 0) is 20.8 Å². The van der Waals surface area contributed by atoms with Crippen LogP contribution in [0.5, 0.6) is 0 Å². The first-order valence-corrected chi connectivity index (χ1v) is 7.41. The summed E-state index contributed by atoms with van der Waals surface area (Å²) in [5.41, 5.74) is 0.544. The molecule has 2 rings (SSSR count). The van der Waals surface area contributed by atoms with Crippen LogP contribution in [0.15, 0.2) is 0 Å². The maximum Gasteiger partial charge on any atom is 0.333 e. The molecule has 2 N–H and O–H groups in total. The number of aryl methyl sites for hydroxylation is 1. The van der Waals surface area contributed by atoms with E-state index in [1.807, 2.05) is 13.8 Å². The first kappa shape index (κ1) is 15.7. The Morgan fingerprint density at radius 3 is 2.67 bits per heavy atom. The van der Waals surface area contributed by atoms with Gasteiger partial charge in [0.25, 0.3) is 0 Å². The van der Waals surface area contributed by atoms with Gasteiger partial charge in [-0.15, -0.1) is 0 Å². The number of piperazine rings is 1. The Hall–Kier alpha value is -1.67. The maximum absolute atomic E-state index is 11.2. The average Bonchev–Trinajstić information content (AvgIpc) is 2.77. The van der Waals surface area contributed by atoms with Gasteiger partial charge in [0.05, 0.1) is 4.92 Å². The minimum atomic E-state index is -0.353. The fraction of sp³-hybridized carbons (Fsp3) is 0.769. The Bertz CT molecular complexity index is 493. The standard InChI is InChI=1S/C13H24N6O2/c1-10(2)18-13(12(19(20)21)11(3)16-18)15-6-9-17-7-4-14-5-8-17/h10,14-15H,4-9H2,1-3H3.